The second-order valence-corrected chi connectivity index (χ2v) is 9.06. The van der Waals surface area contributed by atoms with Crippen molar-refractivity contribution in [3.8, 4) is 0 Å². The molecule has 0 radical (unpaired) electrons. The van der Waals surface area contributed by atoms with E-state index in [1.54, 1.807) is 25.7 Å². The molecule has 5 atom stereocenters. The third-order valence-corrected chi connectivity index (χ3v) is 8.41. The van der Waals surface area contributed by atoms with Gasteiger partial charge < -0.3 is 9.47 Å². The van der Waals surface area contributed by atoms with Gasteiger partial charge in [-0.3, -0.25) is 0 Å². The van der Waals surface area contributed by atoms with E-state index < -0.39 is 16.0 Å². The van der Waals surface area contributed by atoms with Gasteiger partial charge in [0.05, 0.1) is 17.4 Å². The van der Waals surface area contributed by atoms with Gasteiger partial charge in [-0.15, -0.1) is 11.8 Å². The van der Waals surface area contributed by atoms with Gasteiger partial charge in [-0.05, 0) is 13.3 Å². The minimum Gasteiger partial charge on any atom is -0.435 e. The largest absolute Gasteiger partial charge is 0.435 e. The number of ether oxygens (including phenoxy) is 2. The first-order valence-corrected chi connectivity index (χ1v) is 8.85. The Morgan fingerprint density at radius 2 is 2.20 bits per heavy atom. The van der Waals surface area contributed by atoms with E-state index in [1.165, 1.54) is 4.31 Å². The van der Waals surface area contributed by atoms with Crippen LogP contribution in [0.2, 0.25) is 0 Å². The Kier molecular flexibility index (Phi) is 3.39. The van der Waals surface area contributed by atoms with Crippen LogP contribution < -0.4 is 0 Å². The van der Waals surface area contributed by atoms with Crippen LogP contribution in [0.4, 0.5) is 0 Å². The number of hydrogen-bond donors (Lipinski definition) is 0. The van der Waals surface area contributed by atoms with E-state index in [1.807, 2.05) is 0 Å². The van der Waals surface area contributed by atoms with Gasteiger partial charge in [0.2, 0.25) is 10.0 Å². The first-order chi connectivity index (χ1) is 9.34. The maximum Gasteiger partial charge on any atom is 0.335 e. The van der Waals surface area contributed by atoms with Crippen LogP contribution in [0.15, 0.2) is 12.2 Å². The molecule has 6 nitrogen and oxygen atoms in total. The molecule has 0 spiro atoms. The van der Waals surface area contributed by atoms with Crippen LogP contribution in [0.5, 0.6) is 0 Å². The van der Waals surface area contributed by atoms with Gasteiger partial charge in [0.15, 0.2) is 6.79 Å². The molecule has 3 fully saturated rings. The highest BCUT2D eigenvalue weighted by molar-refractivity contribution is 8.03. The van der Waals surface area contributed by atoms with Crippen molar-refractivity contribution in [3.63, 3.8) is 0 Å². The maximum absolute atomic E-state index is 12.2. The Labute approximate surface area is 122 Å². The monoisotopic (exact) mass is 319 g/mol. The van der Waals surface area contributed by atoms with E-state index in [9.17, 15) is 13.2 Å². The maximum atomic E-state index is 12.2. The zero-order valence-corrected chi connectivity index (χ0v) is 12.9. The number of hydrogen-bond acceptors (Lipinski definition) is 6. The molecule has 0 N–H and O–H groups in total. The summed E-state index contributed by atoms with van der Waals surface area (Å²) in [7, 11) is -1.58. The molecular weight excluding hydrogens is 302 g/mol. The Morgan fingerprint density at radius 3 is 2.85 bits per heavy atom. The van der Waals surface area contributed by atoms with Crippen molar-refractivity contribution >= 4 is 27.8 Å². The predicted molar refractivity (Wildman–Crippen MR) is 74.7 cm³/mol. The average molecular weight is 319 g/mol. The van der Waals surface area contributed by atoms with Crippen LogP contribution in [0, 0.1) is 0 Å². The molecule has 3 heterocycles. The van der Waals surface area contributed by atoms with Crippen molar-refractivity contribution in [1.82, 2.24) is 4.31 Å². The predicted octanol–water partition coefficient (Wildman–Crippen LogP) is 0.349. The summed E-state index contributed by atoms with van der Waals surface area (Å²) in [5, 5.41) is -0.0274. The Morgan fingerprint density at radius 1 is 1.50 bits per heavy atom. The molecule has 0 saturated carbocycles. The van der Waals surface area contributed by atoms with Crippen molar-refractivity contribution in [2.75, 3.05) is 13.8 Å². The number of carbonyl (C=O) groups is 1. The summed E-state index contributed by atoms with van der Waals surface area (Å²) in [6.45, 7) is 4.90. The molecule has 112 valence electrons. The van der Waals surface area contributed by atoms with E-state index in [0.717, 1.165) is 0 Å². The van der Waals surface area contributed by atoms with Gasteiger partial charge in [-0.25, -0.2) is 13.2 Å². The van der Waals surface area contributed by atoms with Gasteiger partial charge in [-0.1, -0.05) is 6.58 Å². The van der Waals surface area contributed by atoms with Crippen LogP contribution in [0.3, 0.4) is 0 Å². The number of carbonyl (C=O) groups excluding carboxylic acids is 1. The van der Waals surface area contributed by atoms with Gasteiger partial charge in [0.1, 0.15) is 0 Å². The quantitative estimate of drug-likeness (QED) is 0.423. The highest BCUT2D eigenvalue weighted by Crippen LogP contribution is 2.56. The number of rotatable bonds is 4. The molecule has 0 aromatic rings. The summed E-state index contributed by atoms with van der Waals surface area (Å²) in [6.07, 6.45) is 0.416. The fourth-order valence-corrected chi connectivity index (χ4v) is 7.89. The SMILES string of the molecule is C=C(C)C(=O)OCOC1C2CC3C(S2)C1N(C)S3(=O)=O. The fourth-order valence-electron chi connectivity index (χ4n) is 3.21. The van der Waals surface area contributed by atoms with E-state index in [2.05, 4.69) is 6.58 Å². The van der Waals surface area contributed by atoms with Gasteiger partial charge in [-0.2, -0.15) is 4.31 Å². The second kappa shape index (κ2) is 4.72. The van der Waals surface area contributed by atoms with E-state index >= 15 is 0 Å². The molecule has 3 saturated heterocycles. The third-order valence-electron chi connectivity index (χ3n) is 4.21. The molecule has 2 bridgehead atoms. The number of likely N-dealkylation sites (N-methyl/N-ethyl adjacent to an activating group) is 1. The highest BCUT2D eigenvalue weighted by atomic mass is 32.2. The Hall–Kier alpha value is -0.570. The van der Waals surface area contributed by atoms with Crippen LogP contribution in [0.25, 0.3) is 0 Å². The lowest BCUT2D eigenvalue weighted by Crippen LogP contribution is -2.45. The number of nitrogens with zero attached hydrogens (tertiary/aromatic N) is 1. The number of fused-ring (bicyclic) bond motifs is 1. The molecule has 0 aromatic carbocycles. The van der Waals surface area contributed by atoms with Crippen molar-refractivity contribution in [2.24, 2.45) is 0 Å². The number of esters is 1. The van der Waals surface area contributed by atoms with Gasteiger partial charge in [0, 0.05) is 23.1 Å². The lowest BCUT2D eigenvalue weighted by molar-refractivity contribution is -0.158. The molecule has 0 amide bonds. The topological polar surface area (TPSA) is 72.9 Å². The summed E-state index contributed by atoms with van der Waals surface area (Å²) >= 11 is 1.69. The zero-order valence-electron chi connectivity index (χ0n) is 11.3. The summed E-state index contributed by atoms with van der Waals surface area (Å²) < 4.78 is 36.4. The van der Waals surface area contributed by atoms with E-state index in [-0.39, 0.29) is 34.7 Å². The van der Waals surface area contributed by atoms with Crippen LogP contribution in [-0.2, 0) is 24.3 Å². The van der Waals surface area contributed by atoms with Gasteiger partial charge >= 0.3 is 5.97 Å². The van der Waals surface area contributed by atoms with Crippen LogP contribution >= 0.6 is 11.8 Å². The summed E-state index contributed by atoms with van der Waals surface area (Å²) in [4.78, 5) is 11.3. The molecular formula is C12H17NO5S2. The van der Waals surface area contributed by atoms with E-state index in [4.69, 9.17) is 9.47 Å². The highest BCUT2D eigenvalue weighted by Gasteiger charge is 2.66. The summed E-state index contributed by atoms with van der Waals surface area (Å²) in [5.74, 6) is -0.494. The molecule has 20 heavy (non-hydrogen) atoms. The number of sulfonamides is 1. The summed E-state index contributed by atoms with van der Waals surface area (Å²) in [6, 6.07) is -0.141. The minimum absolute atomic E-state index is 0.0804. The average Bonchev–Trinajstić information content (AvgIpc) is 2.98. The molecule has 3 rings (SSSR count). The number of thioether (sulfide) groups is 1. The standard InChI is InChI=1S/C12H17NO5S2/c1-6(2)12(14)18-5-17-10-7-4-8-11(19-7)9(10)13(3)20(8,15)16/h7-11H,1,4-5H2,2-3H3. The zero-order chi connectivity index (χ0) is 14.7. The lowest BCUT2D eigenvalue weighted by atomic mass is 9.92. The van der Waals surface area contributed by atoms with Gasteiger partial charge in [0.25, 0.3) is 0 Å². The minimum atomic E-state index is -3.19. The smallest absolute Gasteiger partial charge is 0.335 e. The fraction of sp³-hybridized carbons (Fsp3) is 0.750. The summed E-state index contributed by atoms with van der Waals surface area (Å²) in [5.41, 5.74) is 0.316. The van der Waals surface area contributed by atoms with Crippen molar-refractivity contribution in [1.29, 1.82) is 0 Å². The van der Waals surface area contributed by atoms with Crippen molar-refractivity contribution < 1.29 is 22.7 Å². The van der Waals surface area contributed by atoms with Crippen molar-refractivity contribution in [3.05, 3.63) is 12.2 Å². The first-order valence-electron chi connectivity index (χ1n) is 6.40. The molecule has 3 aliphatic rings. The molecule has 8 heteroatoms. The normalized spacial score (nSPS) is 41.0. The van der Waals surface area contributed by atoms with Crippen LogP contribution in [0.1, 0.15) is 13.3 Å². The Bertz CT molecular complexity index is 560. The molecule has 5 unspecified atom stereocenters. The molecule has 0 aliphatic carbocycles. The lowest BCUT2D eigenvalue weighted by Gasteiger charge is -2.27. The molecule has 3 aliphatic heterocycles. The third kappa shape index (κ3) is 1.93. The molecule has 0 aromatic heterocycles. The van der Waals surface area contributed by atoms with Crippen LogP contribution in [-0.4, -0.2) is 60.4 Å². The Balaban J connectivity index is 1.66. The second-order valence-electron chi connectivity index (χ2n) is 5.43. The van der Waals surface area contributed by atoms with E-state index in [0.29, 0.717) is 12.0 Å². The van der Waals surface area contributed by atoms with Crippen molar-refractivity contribution in [2.45, 2.75) is 41.2 Å². The first kappa shape index (κ1) is 14.4.